The Hall–Kier alpha value is -3.27. The zero-order valence-corrected chi connectivity index (χ0v) is 16.4. The van der Waals surface area contributed by atoms with Gasteiger partial charge in [-0.15, -0.1) is 21.5 Å². The maximum absolute atomic E-state index is 12.5. The first-order chi connectivity index (χ1) is 14.0. The molecular weight excluding hydrogens is 396 g/mol. The summed E-state index contributed by atoms with van der Waals surface area (Å²) in [6, 6.07) is 8.12. The fourth-order valence-electron chi connectivity index (χ4n) is 3.20. The van der Waals surface area contributed by atoms with Crippen molar-refractivity contribution in [2.75, 3.05) is 18.0 Å². The standard InChI is InChI=1S/C19H18N4O5S/c1-12(17-20-21-18(28-17)16-5-4-10-29-16)27-19(24)13-6-7-14(15(11-13)23(25)26)22-8-2-3-9-22/h4-7,10-12H,2-3,8-9H2,1H3. The summed E-state index contributed by atoms with van der Waals surface area (Å²) in [4.78, 5) is 26.3. The number of hydrogen-bond donors (Lipinski definition) is 0. The topological polar surface area (TPSA) is 112 Å². The maximum atomic E-state index is 12.5. The van der Waals surface area contributed by atoms with Crippen LogP contribution in [0.3, 0.4) is 0 Å². The van der Waals surface area contributed by atoms with Gasteiger partial charge in [0, 0.05) is 19.2 Å². The van der Waals surface area contributed by atoms with Crippen molar-refractivity contribution in [2.24, 2.45) is 0 Å². The number of aromatic nitrogens is 2. The van der Waals surface area contributed by atoms with Crippen LogP contribution in [0, 0.1) is 10.1 Å². The molecule has 1 aromatic carbocycles. The highest BCUT2D eigenvalue weighted by atomic mass is 32.1. The van der Waals surface area contributed by atoms with E-state index in [2.05, 4.69) is 10.2 Å². The van der Waals surface area contributed by atoms with Crippen molar-refractivity contribution in [3.8, 4) is 10.8 Å². The third kappa shape index (κ3) is 3.97. The maximum Gasteiger partial charge on any atom is 0.339 e. The number of nitro groups is 1. The van der Waals surface area contributed by atoms with E-state index in [1.54, 1.807) is 19.1 Å². The van der Waals surface area contributed by atoms with Gasteiger partial charge in [0.25, 0.3) is 17.5 Å². The van der Waals surface area contributed by atoms with Gasteiger partial charge >= 0.3 is 5.97 Å². The van der Waals surface area contributed by atoms with Crippen molar-refractivity contribution in [1.82, 2.24) is 10.2 Å². The Morgan fingerprint density at radius 3 is 2.79 bits per heavy atom. The predicted molar refractivity (Wildman–Crippen MR) is 106 cm³/mol. The van der Waals surface area contributed by atoms with Gasteiger partial charge in [-0.05, 0) is 43.3 Å². The van der Waals surface area contributed by atoms with E-state index in [0.29, 0.717) is 11.6 Å². The number of rotatable bonds is 6. The Morgan fingerprint density at radius 2 is 2.10 bits per heavy atom. The van der Waals surface area contributed by atoms with Crippen molar-refractivity contribution in [3.63, 3.8) is 0 Å². The van der Waals surface area contributed by atoms with Gasteiger partial charge < -0.3 is 14.1 Å². The summed E-state index contributed by atoms with van der Waals surface area (Å²) in [5.41, 5.74) is 0.519. The molecule has 0 saturated carbocycles. The fourth-order valence-corrected chi connectivity index (χ4v) is 3.84. The van der Waals surface area contributed by atoms with Crippen LogP contribution in [0.1, 0.15) is 42.1 Å². The monoisotopic (exact) mass is 414 g/mol. The quantitative estimate of drug-likeness (QED) is 0.335. The molecule has 1 aliphatic heterocycles. The van der Waals surface area contributed by atoms with Gasteiger partial charge in [-0.3, -0.25) is 10.1 Å². The first kappa shape index (κ1) is 19.1. The Kier molecular flexibility index (Phi) is 5.26. The van der Waals surface area contributed by atoms with Crippen molar-refractivity contribution in [3.05, 3.63) is 57.3 Å². The molecular formula is C19H18N4O5S. The van der Waals surface area contributed by atoms with Crippen LogP contribution in [-0.4, -0.2) is 34.2 Å². The molecule has 29 heavy (non-hydrogen) atoms. The average Bonchev–Trinajstić information content (AvgIpc) is 3.49. The molecule has 1 fully saturated rings. The largest absolute Gasteiger partial charge is 0.449 e. The van der Waals surface area contributed by atoms with E-state index in [-0.39, 0.29) is 17.1 Å². The van der Waals surface area contributed by atoms with Gasteiger partial charge in [-0.1, -0.05) is 6.07 Å². The molecule has 0 aliphatic carbocycles. The second-order valence-electron chi connectivity index (χ2n) is 6.63. The number of esters is 1. The minimum atomic E-state index is -0.791. The minimum absolute atomic E-state index is 0.101. The average molecular weight is 414 g/mol. The zero-order chi connectivity index (χ0) is 20.4. The van der Waals surface area contributed by atoms with Crippen LogP contribution in [0.15, 0.2) is 40.1 Å². The molecule has 2 aromatic heterocycles. The number of benzene rings is 1. The number of carbonyl (C=O) groups is 1. The van der Waals surface area contributed by atoms with Gasteiger partial charge in [0.1, 0.15) is 5.69 Å². The Balaban J connectivity index is 1.50. The summed E-state index contributed by atoms with van der Waals surface area (Å²) in [5.74, 6) is -0.183. The second kappa shape index (κ2) is 8.00. The highest BCUT2D eigenvalue weighted by Gasteiger charge is 2.26. The van der Waals surface area contributed by atoms with E-state index in [9.17, 15) is 14.9 Å². The van der Waals surface area contributed by atoms with Crippen molar-refractivity contribution < 1.29 is 18.9 Å². The molecule has 0 bridgehead atoms. The van der Waals surface area contributed by atoms with Crippen LogP contribution >= 0.6 is 11.3 Å². The molecule has 10 heteroatoms. The molecule has 4 rings (SSSR count). The number of nitro benzene ring substituents is 1. The van der Waals surface area contributed by atoms with E-state index < -0.39 is 17.0 Å². The number of ether oxygens (including phenoxy) is 1. The number of thiophene rings is 1. The first-order valence-corrected chi connectivity index (χ1v) is 10.0. The fraction of sp³-hybridized carbons (Fsp3) is 0.316. The van der Waals surface area contributed by atoms with Crippen LogP contribution in [0.2, 0.25) is 0 Å². The smallest absolute Gasteiger partial charge is 0.339 e. The Bertz CT molecular complexity index is 1030. The summed E-state index contributed by atoms with van der Waals surface area (Å²) in [7, 11) is 0. The zero-order valence-electron chi connectivity index (χ0n) is 15.6. The summed E-state index contributed by atoms with van der Waals surface area (Å²) in [5, 5.41) is 21.3. The van der Waals surface area contributed by atoms with Gasteiger partial charge in [0.2, 0.25) is 0 Å². The second-order valence-corrected chi connectivity index (χ2v) is 7.57. The van der Waals surface area contributed by atoms with Crippen molar-refractivity contribution >= 4 is 28.7 Å². The third-order valence-electron chi connectivity index (χ3n) is 4.66. The highest BCUT2D eigenvalue weighted by Crippen LogP contribution is 2.32. The number of anilines is 1. The molecule has 1 unspecified atom stereocenters. The predicted octanol–water partition coefficient (Wildman–Crippen LogP) is 4.22. The molecule has 9 nitrogen and oxygen atoms in total. The Morgan fingerprint density at radius 1 is 1.31 bits per heavy atom. The molecule has 1 aliphatic rings. The molecule has 1 saturated heterocycles. The molecule has 0 amide bonds. The van der Waals surface area contributed by atoms with Gasteiger partial charge in [-0.25, -0.2) is 4.79 Å². The van der Waals surface area contributed by atoms with E-state index >= 15 is 0 Å². The van der Waals surface area contributed by atoms with Gasteiger partial charge in [0.05, 0.1) is 15.4 Å². The lowest BCUT2D eigenvalue weighted by Crippen LogP contribution is -2.19. The first-order valence-electron chi connectivity index (χ1n) is 9.14. The molecule has 150 valence electrons. The molecule has 3 heterocycles. The summed E-state index contributed by atoms with van der Waals surface area (Å²) >= 11 is 1.46. The van der Waals surface area contributed by atoms with Crippen LogP contribution in [0.4, 0.5) is 11.4 Å². The SMILES string of the molecule is CC(OC(=O)c1ccc(N2CCCC2)c([N+](=O)[O-])c1)c1nnc(-c2cccs2)o1. The molecule has 0 spiro atoms. The lowest BCUT2D eigenvalue weighted by Gasteiger charge is -2.18. The van der Waals surface area contributed by atoms with E-state index in [1.807, 2.05) is 22.4 Å². The molecule has 3 aromatic rings. The number of nitrogens with zero attached hydrogens (tertiary/aromatic N) is 4. The number of carbonyl (C=O) groups excluding carboxylic acids is 1. The third-order valence-corrected chi connectivity index (χ3v) is 5.52. The van der Waals surface area contributed by atoms with Crippen LogP contribution < -0.4 is 4.90 Å². The van der Waals surface area contributed by atoms with E-state index in [0.717, 1.165) is 30.8 Å². The summed E-state index contributed by atoms with van der Waals surface area (Å²) in [6.45, 7) is 3.15. The number of hydrogen-bond acceptors (Lipinski definition) is 9. The molecule has 0 N–H and O–H groups in total. The summed E-state index contributed by atoms with van der Waals surface area (Å²) < 4.78 is 11.0. The molecule has 0 radical (unpaired) electrons. The minimum Gasteiger partial charge on any atom is -0.449 e. The van der Waals surface area contributed by atoms with Crippen LogP contribution in [0.5, 0.6) is 0 Å². The van der Waals surface area contributed by atoms with Crippen molar-refractivity contribution in [2.45, 2.75) is 25.9 Å². The Labute approximate surface area is 170 Å². The van der Waals surface area contributed by atoms with Gasteiger partial charge in [0.15, 0.2) is 6.10 Å². The van der Waals surface area contributed by atoms with Gasteiger partial charge in [-0.2, -0.15) is 0 Å². The summed E-state index contributed by atoms with van der Waals surface area (Å²) in [6.07, 6.45) is 1.20. The van der Waals surface area contributed by atoms with Crippen LogP contribution in [0.25, 0.3) is 10.8 Å². The van der Waals surface area contributed by atoms with Crippen LogP contribution in [-0.2, 0) is 4.74 Å². The van der Waals surface area contributed by atoms with Crippen molar-refractivity contribution in [1.29, 1.82) is 0 Å². The normalized spacial score (nSPS) is 14.7. The lowest BCUT2D eigenvalue weighted by molar-refractivity contribution is -0.384. The van der Waals surface area contributed by atoms with E-state index in [4.69, 9.17) is 9.15 Å². The van der Waals surface area contributed by atoms with E-state index in [1.165, 1.54) is 17.4 Å². The molecule has 1 atom stereocenters. The lowest BCUT2D eigenvalue weighted by atomic mass is 10.1. The highest BCUT2D eigenvalue weighted by molar-refractivity contribution is 7.13.